The third kappa shape index (κ3) is 80.1. The van der Waals surface area contributed by atoms with Gasteiger partial charge in [-0.25, -0.2) is 9.13 Å². The molecule has 17 nitrogen and oxygen atoms in total. The van der Waals surface area contributed by atoms with Crippen LogP contribution in [0.25, 0.3) is 0 Å². The summed E-state index contributed by atoms with van der Waals surface area (Å²) in [5.74, 6) is -2.10. The summed E-state index contributed by atoms with van der Waals surface area (Å²) in [4.78, 5) is 73.2. The molecule has 0 aromatic rings. The van der Waals surface area contributed by atoms with Gasteiger partial charge in [-0.05, 0) is 25.7 Å². The molecule has 106 heavy (non-hydrogen) atoms. The van der Waals surface area contributed by atoms with Gasteiger partial charge >= 0.3 is 39.5 Å². The molecule has 0 aliphatic carbocycles. The smallest absolute Gasteiger partial charge is 0.462 e. The third-order valence-electron chi connectivity index (χ3n) is 20.6. The maximum atomic E-state index is 13.2. The van der Waals surface area contributed by atoms with E-state index >= 15 is 0 Å². The maximum absolute atomic E-state index is 13.2. The van der Waals surface area contributed by atoms with Gasteiger partial charge in [-0.3, -0.25) is 37.3 Å². The summed E-state index contributed by atoms with van der Waals surface area (Å²) in [6, 6.07) is 0. The standard InChI is InChI=1S/C87H170O17P2/c1-5-9-13-17-21-25-28-31-34-36-38-40-41-43-45-48-51-54-58-62-66-70-74-87(92)104-83(78-98-85(90)72-68-64-60-56-52-49-47-44-42-39-37-35-32-29-26-22-18-14-10-6-2)80-102-106(95,96)100-76-81(88)75-99-105(93,94)101-79-82(77-97-84(89)71-67-63-59-55-24-20-16-12-8-4)103-86(91)73-69-65-61-57-53-50-46-33-30-27-23-19-15-11-7-3/h81-83,88H,5-80H2,1-4H3,(H,93,94)(H,95,96)/t81-,82+,83+/m0/s1. The van der Waals surface area contributed by atoms with E-state index in [2.05, 4.69) is 27.7 Å². The highest BCUT2D eigenvalue weighted by Crippen LogP contribution is 2.45. The Morgan fingerprint density at radius 1 is 0.226 bits per heavy atom. The fourth-order valence-corrected chi connectivity index (χ4v) is 15.3. The molecule has 3 N–H and O–H groups in total. The molecule has 19 heteroatoms. The Kier molecular flexibility index (Phi) is 79.6. The number of aliphatic hydroxyl groups is 1. The molecule has 0 aromatic carbocycles. The molecule has 0 rings (SSSR count). The molecule has 0 spiro atoms. The summed E-state index contributed by atoms with van der Waals surface area (Å²) < 4.78 is 68.9. The molecular weight excluding hydrogens is 1380 g/mol. The van der Waals surface area contributed by atoms with Crippen LogP contribution in [0.5, 0.6) is 0 Å². The first-order valence-corrected chi connectivity index (χ1v) is 48.3. The number of unbranched alkanes of at least 4 members (excludes halogenated alkanes) is 62. The van der Waals surface area contributed by atoms with Crippen LogP contribution in [-0.2, 0) is 65.4 Å². The number of carbonyl (C=O) groups excluding carboxylic acids is 4. The molecule has 0 fully saturated rings. The third-order valence-corrected chi connectivity index (χ3v) is 22.5. The number of rotatable bonds is 88. The molecule has 2 unspecified atom stereocenters. The quantitative estimate of drug-likeness (QED) is 0.0222. The number of phosphoric acid groups is 2. The van der Waals surface area contributed by atoms with Crippen LogP contribution < -0.4 is 0 Å². The number of phosphoric ester groups is 2. The Hall–Kier alpha value is -1.94. The van der Waals surface area contributed by atoms with Crippen molar-refractivity contribution in [3.63, 3.8) is 0 Å². The predicted octanol–water partition coefficient (Wildman–Crippen LogP) is 26.9. The van der Waals surface area contributed by atoms with Gasteiger partial charge in [0.05, 0.1) is 26.4 Å². The Morgan fingerprint density at radius 3 is 0.557 bits per heavy atom. The van der Waals surface area contributed by atoms with E-state index in [0.717, 1.165) is 89.9 Å². The largest absolute Gasteiger partial charge is 0.472 e. The molecular formula is C87H170O17P2. The van der Waals surface area contributed by atoms with E-state index in [0.29, 0.717) is 25.7 Å². The van der Waals surface area contributed by atoms with Crippen LogP contribution in [0, 0.1) is 0 Å². The predicted molar refractivity (Wildman–Crippen MR) is 437 cm³/mol. The zero-order valence-electron chi connectivity index (χ0n) is 69.4. The van der Waals surface area contributed by atoms with Crippen molar-refractivity contribution in [3.05, 3.63) is 0 Å². The van der Waals surface area contributed by atoms with Crippen molar-refractivity contribution in [1.29, 1.82) is 0 Å². The lowest BCUT2D eigenvalue weighted by molar-refractivity contribution is -0.161. The van der Waals surface area contributed by atoms with Crippen LogP contribution in [0.1, 0.15) is 477 Å². The van der Waals surface area contributed by atoms with Gasteiger partial charge in [0, 0.05) is 25.7 Å². The van der Waals surface area contributed by atoms with E-state index in [4.69, 9.17) is 37.0 Å². The van der Waals surface area contributed by atoms with Gasteiger partial charge in [-0.15, -0.1) is 0 Å². The SMILES string of the molecule is CCCCCCCCCCCCCCCCCCCCCCCCC(=O)O[C@H](COC(=O)CCCCCCCCCCCCCCCCCCCCCC)COP(=O)(O)OC[C@@H](O)COP(=O)(O)OC[C@@H](COC(=O)CCCCCCCCCCC)OC(=O)CCCCCCCCCCCCCCCCC. The summed E-state index contributed by atoms with van der Waals surface area (Å²) in [6.45, 7) is 5.04. The van der Waals surface area contributed by atoms with Crippen LogP contribution in [0.15, 0.2) is 0 Å². The Labute approximate surface area is 651 Å². The van der Waals surface area contributed by atoms with E-state index in [9.17, 15) is 43.2 Å². The Balaban J connectivity index is 5.19. The highest BCUT2D eigenvalue weighted by Gasteiger charge is 2.30. The Bertz CT molecular complexity index is 2000. The van der Waals surface area contributed by atoms with Crippen molar-refractivity contribution in [1.82, 2.24) is 0 Å². The van der Waals surface area contributed by atoms with E-state index in [1.807, 2.05) is 0 Å². The molecule has 0 amide bonds. The van der Waals surface area contributed by atoms with Crippen molar-refractivity contribution in [2.45, 2.75) is 495 Å². The van der Waals surface area contributed by atoms with Crippen molar-refractivity contribution < 1.29 is 80.2 Å². The van der Waals surface area contributed by atoms with Crippen molar-refractivity contribution >= 4 is 39.5 Å². The zero-order chi connectivity index (χ0) is 77.4. The minimum absolute atomic E-state index is 0.109. The lowest BCUT2D eigenvalue weighted by atomic mass is 10.0. The zero-order valence-corrected chi connectivity index (χ0v) is 71.2. The van der Waals surface area contributed by atoms with E-state index in [1.54, 1.807) is 0 Å². The average Bonchev–Trinajstić information content (AvgIpc) is 0.901. The summed E-state index contributed by atoms with van der Waals surface area (Å²) in [5, 5.41) is 10.7. The van der Waals surface area contributed by atoms with Gasteiger partial charge in [0.2, 0.25) is 0 Å². The summed E-state index contributed by atoms with van der Waals surface area (Å²) in [6.07, 6.45) is 76.6. The van der Waals surface area contributed by atoms with Crippen LogP contribution >= 0.6 is 15.6 Å². The number of hydrogen-bond donors (Lipinski definition) is 3. The highest BCUT2D eigenvalue weighted by molar-refractivity contribution is 7.47. The van der Waals surface area contributed by atoms with Crippen LogP contribution in [0.2, 0.25) is 0 Å². The minimum atomic E-state index is -4.97. The number of esters is 4. The Morgan fingerprint density at radius 2 is 0.377 bits per heavy atom. The first kappa shape index (κ1) is 104. The molecule has 0 heterocycles. The van der Waals surface area contributed by atoms with Crippen LogP contribution in [0.3, 0.4) is 0 Å². The molecule has 0 aliphatic heterocycles. The normalized spacial score (nSPS) is 13.7. The fourth-order valence-electron chi connectivity index (χ4n) is 13.7. The molecule has 0 bridgehead atoms. The molecule has 0 radical (unpaired) electrons. The second kappa shape index (κ2) is 81.1. The van der Waals surface area contributed by atoms with Crippen molar-refractivity contribution in [2.24, 2.45) is 0 Å². The first-order valence-electron chi connectivity index (χ1n) is 45.3. The fraction of sp³-hybridized carbons (Fsp3) is 0.954. The maximum Gasteiger partial charge on any atom is 0.472 e. The van der Waals surface area contributed by atoms with E-state index in [1.165, 1.54) is 308 Å². The number of aliphatic hydroxyl groups excluding tert-OH is 1. The van der Waals surface area contributed by atoms with E-state index in [-0.39, 0.29) is 25.7 Å². The summed E-state index contributed by atoms with van der Waals surface area (Å²) >= 11 is 0. The highest BCUT2D eigenvalue weighted by atomic mass is 31.2. The van der Waals surface area contributed by atoms with Crippen LogP contribution in [-0.4, -0.2) is 96.7 Å². The topological polar surface area (TPSA) is 237 Å². The average molecular weight is 1550 g/mol. The van der Waals surface area contributed by atoms with Gasteiger partial charge < -0.3 is 33.8 Å². The van der Waals surface area contributed by atoms with Gasteiger partial charge in [0.25, 0.3) is 0 Å². The molecule has 630 valence electrons. The second-order valence-electron chi connectivity index (χ2n) is 31.3. The molecule has 5 atom stereocenters. The van der Waals surface area contributed by atoms with Crippen molar-refractivity contribution in [2.75, 3.05) is 39.6 Å². The summed E-state index contributed by atoms with van der Waals surface area (Å²) in [5.41, 5.74) is 0. The van der Waals surface area contributed by atoms with Gasteiger partial charge in [0.1, 0.15) is 19.3 Å². The lowest BCUT2D eigenvalue weighted by Crippen LogP contribution is -2.30. The van der Waals surface area contributed by atoms with Gasteiger partial charge in [-0.2, -0.15) is 0 Å². The second-order valence-corrected chi connectivity index (χ2v) is 34.2. The molecule has 0 aliphatic rings. The van der Waals surface area contributed by atoms with Gasteiger partial charge in [-0.1, -0.05) is 426 Å². The number of hydrogen-bond acceptors (Lipinski definition) is 15. The minimum Gasteiger partial charge on any atom is -0.462 e. The van der Waals surface area contributed by atoms with Crippen LogP contribution in [0.4, 0.5) is 0 Å². The number of ether oxygens (including phenoxy) is 4. The monoisotopic (exact) mass is 1550 g/mol. The molecule has 0 aromatic heterocycles. The van der Waals surface area contributed by atoms with Crippen molar-refractivity contribution in [3.8, 4) is 0 Å². The van der Waals surface area contributed by atoms with E-state index < -0.39 is 97.5 Å². The van der Waals surface area contributed by atoms with Gasteiger partial charge in [0.15, 0.2) is 12.2 Å². The molecule has 0 saturated heterocycles. The first-order chi connectivity index (χ1) is 51.7. The summed E-state index contributed by atoms with van der Waals surface area (Å²) in [7, 11) is -9.92. The lowest BCUT2D eigenvalue weighted by Gasteiger charge is -2.21. The molecule has 0 saturated carbocycles. The number of carbonyl (C=O) groups is 4.